The highest BCUT2D eigenvalue weighted by Gasteiger charge is 2.57. The number of amides is 2. The number of benzene rings is 1. The quantitative estimate of drug-likeness (QED) is 0.644. The van der Waals surface area contributed by atoms with Crippen molar-refractivity contribution in [2.24, 2.45) is 11.3 Å². The molecule has 0 radical (unpaired) electrons. The van der Waals surface area contributed by atoms with Crippen LogP contribution < -0.4 is 16.0 Å². The number of rotatable bonds is 4. The van der Waals surface area contributed by atoms with Gasteiger partial charge in [-0.2, -0.15) is 0 Å². The molecule has 2 heterocycles. The van der Waals surface area contributed by atoms with E-state index in [0.717, 1.165) is 32.4 Å². The van der Waals surface area contributed by atoms with Crippen molar-refractivity contribution in [2.75, 3.05) is 23.7 Å². The van der Waals surface area contributed by atoms with Crippen LogP contribution >= 0.6 is 36.4 Å². The third kappa shape index (κ3) is 5.39. The second kappa shape index (κ2) is 9.76. The van der Waals surface area contributed by atoms with Crippen LogP contribution in [0.5, 0.6) is 0 Å². The first-order valence-corrected chi connectivity index (χ1v) is 9.48. The Labute approximate surface area is 187 Å². The molecular weight excluding hydrogens is 435 g/mol. The number of carbonyl (C=O) groups is 2. The smallest absolute Gasteiger partial charge is 0.256 e. The van der Waals surface area contributed by atoms with Crippen LogP contribution in [-0.2, 0) is 4.79 Å². The standard InChI is InChI=1S/C20H21ClN4O2.2ClH/c21-14-4-5-17(23-12-14)25-18(26)13-2-1-3-15(10-13)24-19(27)16-11-20(16)6-8-22-9-7-20;;/h1-5,10,12,16,22H,6-9,11H2,(H,24,27)(H,23,25,26);2*1H. The van der Waals surface area contributed by atoms with E-state index >= 15 is 0 Å². The van der Waals surface area contributed by atoms with Gasteiger partial charge in [0.1, 0.15) is 5.82 Å². The van der Waals surface area contributed by atoms with E-state index in [2.05, 4.69) is 20.9 Å². The van der Waals surface area contributed by atoms with E-state index in [1.165, 1.54) is 6.20 Å². The van der Waals surface area contributed by atoms with Crippen molar-refractivity contribution in [3.05, 3.63) is 53.2 Å². The molecule has 1 aliphatic carbocycles. The third-order valence-electron chi connectivity index (χ3n) is 5.47. The van der Waals surface area contributed by atoms with E-state index < -0.39 is 0 Å². The van der Waals surface area contributed by atoms with Crippen molar-refractivity contribution in [3.63, 3.8) is 0 Å². The fraction of sp³-hybridized carbons (Fsp3) is 0.350. The Morgan fingerprint density at radius 2 is 1.86 bits per heavy atom. The van der Waals surface area contributed by atoms with Gasteiger partial charge < -0.3 is 16.0 Å². The van der Waals surface area contributed by atoms with Crippen molar-refractivity contribution in [3.8, 4) is 0 Å². The molecule has 156 valence electrons. The molecule has 1 saturated carbocycles. The summed E-state index contributed by atoms with van der Waals surface area (Å²) in [6, 6.07) is 10.2. The largest absolute Gasteiger partial charge is 0.326 e. The van der Waals surface area contributed by atoms with Crippen molar-refractivity contribution in [2.45, 2.75) is 19.3 Å². The molecule has 2 aromatic rings. The molecule has 2 fully saturated rings. The van der Waals surface area contributed by atoms with Crippen molar-refractivity contribution in [1.82, 2.24) is 10.3 Å². The molecule has 1 aromatic carbocycles. The van der Waals surface area contributed by atoms with Crippen LogP contribution in [-0.4, -0.2) is 29.9 Å². The molecule has 29 heavy (non-hydrogen) atoms. The Kier molecular flexibility index (Phi) is 7.88. The van der Waals surface area contributed by atoms with Gasteiger partial charge in [-0.3, -0.25) is 9.59 Å². The molecule has 0 bridgehead atoms. The fourth-order valence-electron chi connectivity index (χ4n) is 3.80. The van der Waals surface area contributed by atoms with E-state index in [9.17, 15) is 9.59 Å². The van der Waals surface area contributed by atoms with Crippen LogP contribution in [0.1, 0.15) is 29.6 Å². The summed E-state index contributed by atoms with van der Waals surface area (Å²) in [6.07, 6.45) is 4.55. The van der Waals surface area contributed by atoms with Crippen molar-refractivity contribution in [1.29, 1.82) is 0 Å². The van der Waals surface area contributed by atoms with Crippen LogP contribution in [0.4, 0.5) is 11.5 Å². The molecule has 1 atom stereocenters. The lowest BCUT2D eigenvalue weighted by atomic mass is 9.92. The summed E-state index contributed by atoms with van der Waals surface area (Å²) in [5.74, 6) is 0.260. The molecule has 4 rings (SSSR count). The normalized spacial score (nSPS) is 18.7. The Balaban J connectivity index is 0.00000150. The summed E-state index contributed by atoms with van der Waals surface area (Å²) in [7, 11) is 0. The SMILES string of the molecule is Cl.Cl.O=C(Nc1ccc(Cl)cn1)c1cccc(NC(=O)C2CC23CCNCC3)c1. The van der Waals surface area contributed by atoms with Crippen LogP contribution in [0, 0.1) is 11.3 Å². The number of hydrogen-bond acceptors (Lipinski definition) is 4. The Bertz CT molecular complexity index is 870. The fourth-order valence-corrected chi connectivity index (χ4v) is 3.91. The number of aromatic nitrogens is 1. The van der Waals surface area contributed by atoms with Gasteiger partial charge in [0.25, 0.3) is 5.91 Å². The van der Waals surface area contributed by atoms with E-state index in [1.807, 2.05) is 0 Å². The number of halogens is 3. The third-order valence-corrected chi connectivity index (χ3v) is 5.69. The van der Waals surface area contributed by atoms with Gasteiger partial charge in [0.05, 0.1) is 5.02 Å². The molecule has 2 aliphatic rings. The highest BCUT2D eigenvalue weighted by Crippen LogP contribution is 2.58. The van der Waals surface area contributed by atoms with Crippen LogP contribution in [0.15, 0.2) is 42.6 Å². The zero-order chi connectivity index (χ0) is 18.9. The number of carbonyl (C=O) groups excluding carboxylic acids is 2. The highest BCUT2D eigenvalue weighted by atomic mass is 35.5. The van der Waals surface area contributed by atoms with E-state index in [1.54, 1.807) is 36.4 Å². The molecular formula is C20H23Cl3N4O2. The van der Waals surface area contributed by atoms with Gasteiger partial charge in [0.15, 0.2) is 0 Å². The first-order valence-electron chi connectivity index (χ1n) is 9.10. The van der Waals surface area contributed by atoms with Gasteiger partial charge in [-0.25, -0.2) is 4.98 Å². The molecule has 1 aromatic heterocycles. The molecule has 1 saturated heterocycles. The van der Waals surface area contributed by atoms with Gasteiger partial charge in [0, 0.05) is 23.4 Å². The second-order valence-electron chi connectivity index (χ2n) is 7.25. The minimum Gasteiger partial charge on any atom is -0.326 e. The molecule has 1 spiro atoms. The minimum absolute atomic E-state index is 0. The van der Waals surface area contributed by atoms with Gasteiger partial charge in [-0.1, -0.05) is 17.7 Å². The zero-order valence-electron chi connectivity index (χ0n) is 15.6. The maximum absolute atomic E-state index is 12.6. The maximum atomic E-state index is 12.6. The minimum atomic E-state index is -0.290. The van der Waals surface area contributed by atoms with E-state index in [-0.39, 0.29) is 48.0 Å². The summed E-state index contributed by atoms with van der Waals surface area (Å²) in [5, 5.41) is 9.54. The summed E-state index contributed by atoms with van der Waals surface area (Å²) < 4.78 is 0. The lowest BCUT2D eigenvalue weighted by Gasteiger charge is -2.23. The maximum Gasteiger partial charge on any atom is 0.256 e. The van der Waals surface area contributed by atoms with Crippen molar-refractivity contribution < 1.29 is 9.59 Å². The summed E-state index contributed by atoms with van der Waals surface area (Å²) in [4.78, 5) is 29.1. The number of nitrogens with zero attached hydrogens (tertiary/aromatic N) is 1. The van der Waals surface area contributed by atoms with Gasteiger partial charge >= 0.3 is 0 Å². The molecule has 1 unspecified atom stereocenters. The number of hydrogen-bond donors (Lipinski definition) is 3. The summed E-state index contributed by atoms with van der Waals surface area (Å²) in [5.41, 5.74) is 1.27. The lowest BCUT2D eigenvalue weighted by Crippen LogP contribution is -2.31. The Morgan fingerprint density at radius 3 is 2.55 bits per heavy atom. The molecule has 6 nitrogen and oxygen atoms in total. The Hall–Kier alpha value is -1.86. The summed E-state index contributed by atoms with van der Waals surface area (Å²) in [6.45, 7) is 1.97. The molecule has 3 N–H and O–H groups in total. The number of piperidine rings is 1. The molecule has 1 aliphatic heterocycles. The average molecular weight is 458 g/mol. The van der Waals surface area contributed by atoms with Gasteiger partial charge in [-0.15, -0.1) is 24.8 Å². The van der Waals surface area contributed by atoms with Crippen molar-refractivity contribution >= 4 is 59.7 Å². The van der Waals surface area contributed by atoms with E-state index in [4.69, 9.17) is 11.6 Å². The monoisotopic (exact) mass is 456 g/mol. The molecule has 2 amide bonds. The topological polar surface area (TPSA) is 83.1 Å². The molecule has 9 heteroatoms. The highest BCUT2D eigenvalue weighted by molar-refractivity contribution is 6.30. The van der Waals surface area contributed by atoms with Crippen LogP contribution in [0.3, 0.4) is 0 Å². The number of pyridine rings is 1. The predicted octanol–water partition coefficient (Wildman–Crippen LogP) is 4.16. The first-order chi connectivity index (χ1) is 13.1. The Morgan fingerprint density at radius 1 is 1.10 bits per heavy atom. The summed E-state index contributed by atoms with van der Waals surface area (Å²) >= 11 is 5.80. The lowest BCUT2D eigenvalue weighted by molar-refractivity contribution is -0.118. The van der Waals surface area contributed by atoms with Crippen LogP contribution in [0.25, 0.3) is 0 Å². The second-order valence-corrected chi connectivity index (χ2v) is 7.69. The van der Waals surface area contributed by atoms with Gasteiger partial charge in [0.2, 0.25) is 5.91 Å². The average Bonchev–Trinajstić information content (AvgIpc) is 3.37. The number of nitrogens with one attached hydrogen (secondary N) is 3. The zero-order valence-corrected chi connectivity index (χ0v) is 18.0. The predicted molar refractivity (Wildman–Crippen MR) is 119 cm³/mol. The van der Waals surface area contributed by atoms with E-state index in [0.29, 0.717) is 22.1 Å². The van der Waals surface area contributed by atoms with Crippen LogP contribution in [0.2, 0.25) is 5.02 Å². The number of anilines is 2. The van der Waals surface area contributed by atoms with Gasteiger partial charge in [-0.05, 0) is 68.1 Å². The first kappa shape index (κ1) is 23.4.